The summed E-state index contributed by atoms with van der Waals surface area (Å²) in [5.41, 5.74) is 4.59. The molecule has 0 N–H and O–H groups in total. The van der Waals surface area contributed by atoms with Crippen LogP contribution in [0.3, 0.4) is 0 Å². The Hall–Kier alpha value is -2.97. The van der Waals surface area contributed by atoms with Crippen LogP contribution in [0, 0.1) is 6.92 Å². The first-order valence-corrected chi connectivity index (χ1v) is 12.9. The third kappa shape index (κ3) is 4.05. The molecule has 0 amide bonds. The maximum atomic E-state index is 14.1. The number of hydrogen-bond acceptors (Lipinski definition) is 5. The lowest BCUT2D eigenvalue weighted by molar-refractivity contribution is 0.324. The topological polar surface area (TPSA) is 65.1 Å². The zero-order chi connectivity index (χ0) is 24.6. The first-order valence-electron chi connectivity index (χ1n) is 10.6. The summed E-state index contributed by atoms with van der Waals surface area (Å²) in [5.74, 6) is 1.34. The van der Waals surface area contributed by atoms with E-state index in [0.717, 1.165) is 21.2 Å². The highest BCUT2D eigenvalue weighted by Gasteiger charge is 2.36. The number of anilines is 1. The zero-order valence-corrected chi connectivity index (χ0v) is 22.1. The van der Waals surface area contributed by atoms with Crippen LogP contribution < -0.4 is 18.5 Å². The van der Waals surface area contributed by atoms with Gasteiger partial charge in [0.1, 0.15) is 0 Å². The highest BCUT2D eigenvalue weighted by atomic mass is 79.9. The summed E-state index contributed by atoms with van der Waals surface area (Å²) in [6.07, 6.45) is 0.586. The first kappa shape index (κ1) is 24.2. The summed E-state index contributed by atoms with van der Waals surface area (Å²) in [5, 5.41) is 0. The maximum absolute atomic E-state index is 14.1. The predicted molar refractivity (Wildman–Crippen MR) is 137 cm³/mol. The number of sulfonamides is 1. The van der Waals surface area contributed by atoms with Gasteiger partial charge in [-0.2, -0.15) is 0 Å². The molecular formula is C26H26BrNO5S. The third-order valence-corrected chi connectivity index (χ3v) is 8.33. The van der Waals surface area contributed by atoms with E-state index in [1.165, 1.54) is 25.6 Å². The average Bonchev–Trinajstić information content (AvgIpc) is 2.83. The molecule has 3 aromatic rings. The lowest BCUT2D eigenvalue weighted by atomic mass is 9.95. The number of nitrogens with zero attached hydrogens (tertiary/aromatic N) is 1. The van der Waals surface area contributed by atoms with Gasteiger partial charge in [-0.1, -0.05) is 39.7 Å². The molecule has 4 rings (SSSR count). The van der Waals surface area contributed by atoms with Crippen molar-refractivity contribution in [3.05, 3.63) is 81.3 Å². The smallest absolute Gasteiger partial charge is 0.268 e. The Labute approximate surface area is 208 Å². The monoisotopic (exact) mass is 543 g/mol. The Balaban J connectivity index is 2.02. The standard InChI is InChI=1S/C26H26BrNO5S/c1-16-9-11-19(12-10-16)34(29,30)28-22-8-6-7-21(27)20(22)13-17(2)25(28)18-14-23(31-3)26(33-5)24(15-18)32-4/h6-12,14-15H,13H2,1-5H3. The van der Waals surface area contributed by atoms with Gasteiger partial charge in [-0.05, 0) is 67.8 Å². The van der Waals surface area contributed by atoms with E-state index >= 15 is 0 Å². The van der Waals surface area contributed by atoms with Gasteiger partial charge in [0.15, 0.2) is 11.5 Å². The van der Waals surface area contributed by atoms with Crippen molar-refractivity contribution in [1.82, 2.24) is 0 Å². The molecule has 0 spiro atoms. The van der Waals surface area contributed by atoms with Crippen molar-refractivity contribution < 1.29 is 22.6 Å². The number of aryl methyl sites for hydroxylation is 1. The van der Waals surface area contributed by atoms with Gasteiger partial charge in [0, 0.05) is 10.0 Å². The minimum absolute atomic E-state index is 0.212. The SMILES string of the molecule is COc1cc(C2=C(C)Cc3c(Br)cccc3N2S(=O)(=O)c2ccc(C)cc2)cc(OC)c1OC. The number of benzene rings is 3. The van der Waals surface area contributed by atoms with Crippen molar-refractivity contribution in [3.8, 4) is 17.2 Å². The van der Waals surface area contributed by atoms with Gasteiger partial charge < -0.3 is 14.2 Å². The van der Waals surface area contributed by atoms with E-state index in [1.54, 1.807) is 36.4 Å². The van der Waals surface area contributed by atoms with Gasteiger partial charge in [0.25, 0.3) is 10.0 Å². The fourth-order valence-corrected chi connectivity index (χ4v) is 6.32. The first-order chi connectivity index (χ1) is 16.2. The van der Waals surface area contributed by atoms with Crippen LogP contribution in [0.1, 0.15) is 23.6 Å². The molecule has 3 aromatic carbocycles. The molecule has 0 radical (unpaired) electrons. The molecule has 1 heterocycles. The molecule has 0 unspecified atom stereocenters. The van der Waals surface area contributed by atoms with Gasteiger partial charge >= 0.3 is 0 Å². The van der Waals surface area contributed by atoms with Crippen LogP contribution in [0.15, 0.2) is 69.5 Å². The van der Waals surface area contributed by atoms with Crippen LogP contribution in [0.2, 0.25) is 0 Å². The minimum atomic E-state index is -3.95. The van der Waals surface area contributed by atoms with Crippen molar-refractivity contribution in [2.45, 2.75) is 25.2 Å². The molecule has 178 valence electrons. The fraction of sp³-hybridized carbons (Fsp3) is 0.231. The Morgan fingerprint density at radius 3 is 2.06 bits per heavy atom. The van der Waals surface area contributed by atoms with Gasteiger partial charge in [0.05, 0.1) is 37.6 Å². The van der Waals surface area contributed by atoms with E-state index in [4.69, 9.17) is 14.2 Å². The normalized spacial score (nSPS) is 13.5. The summed E-state index contributed by atoms with van der Waals surface area (Å²) in [4.78, 5) is 0.212. The number of methoxy groups -OCH3 is 3. The predicted octanol–water partition coefficient (Wildman–Crippen LogP) is 5.97. The second kappa shape index (κ2) is 9.35. The molecule has 0 aromatic heterocycles. The summed E-state index contributed by atoms with van der Waals surface area (Å²) < 4.78 is 47.1. The molecule has 0 bridgehead atoms. The number of halogens is 1. The number of rotatable bonds is 6. The fourth-order valence-electron chi connectivity index (χ4n) is 4.20. The second-order valence-electron chi connectivity index (χ2n) is 8.04. The molecule has 6 nitrogen and oxygen atoms in total. The van der Waals surface area contributed by atoms with Crippen LogP contribution in [0.25, 0.3) is 5.70 Å². The van der Waals surface area contributed by atoms with Crippen molar-refractivity contribution >= 4 is 37.3 Å². The zero-order valence-electron chi connectivity index (χ0n) is 19.7. The van der Waals surface area contributed by atoms with Gasteiger partial charge in [0.2, 0.25) is 5.75 Å². The molecule has 0 aliphatic carbocycles. The van der Waals surface area contributed by atoms with Gasteiger partial charge in [-0.25, -0.2) is 12.7 Å². The van der Waals surface area contributed by atoms with Crippen LogP contribution in [-0.2, 0) is 16.4 Å². The van der Waals surface area contributed by atoms with E-state index in [-0.39, 0.29) is 4.90 Å². The molecule has 0 saturated heterocycles. The van der Waals surface area contributed by atoms with Gasteiger partial charge in [-0.15, -0.1) is 0 Å². The van der Waals surface area contributed by atoms with Gasteiger partial charge in [-0.3, -0.25) is 0 Å². The molecule has 0 saturated carbocycles. The minimum Gasteiger partial charge on any atom is -0.493 e. The third-order valence-electron chi connectivity index (χ3n) is 5.86. The summed E-state index contributed by atoms with van der Waals surface area (Å²) in [6, 6.07) is 16.0. The van der Waals surface area contributed by atoms with Crippen LogP contribution >= 0.6 is 15.9 Å². The lowest BCUT2D eigenvalue weighted by Crippen LogP contribution is -2.33. The van der Waals surface area contributed by atoms with Crippen LogP contribution in [0.4, 0.5) is 5.69 Å². The Morgan fingerprint density at radius 1 is 0.882 bits per heavy atom. The highest BCUT2D eigenvalue weighted by Crippen LogP contribution is 2.47. The van der Waals surface area contributed by atoms with Crippen molar-refractivity contribution in [3.63, 3.8) is 0 Å². The molecule has 0 atom stereocenters. The van der Waals surface area contributed by atoms with E-state index in [0.29, 0.717) is 40.6 Å². The summed E-state index contributed by atoms with van der Waals surface area (Å²) in [7, 11) is 0.659. The lowest BCUT2D eigenvalue weighted by Gasteiger charge is -2.35. The van der Waals surface area contributed by atoms with E-state index < -0.39 is 10.0 Å². The Morgan fingerprint density at radius 2 is 1.50 bits per heavy atom. The summed E-state index contributed by atoms with van der Waals surface area (Å²) in [6.45, 7) is 3.87. The van der Waals surface area contributed by atoms with E-state index in [9.17, 15) is 8.42 Å². The Bertz CT molecular complexity index is 1360. The van der Waals surface area contributed by atoms with E-state index in [1.807, 2.05) is 32.0 Å². The number of hydrogen-bond donors (Lipinski definition) is 0. The Kier molecular flexibility index (Phi) is 6.64. The molecule has 8 heteroatoms. The second-order valence-corrected chi connectivity index (χ2v) is 10.7. The average molecular weight is 544 g/mol. The molecule has 1 aliphatic rings. The molecular weight excluding hydrogens is 518 g/mol. The largest absolute Gasteiger partial charge is 0.493 e. The van der Waals surface area contributed by atoms with Crippen molar-refractivity contribution in [2.75, 3.05) is 25.6 Å². The number of allylic oxidation sites excluding steroid dienone is 1. The molecule has 34 heavy (non-hydrogen) atoms. The molecule has 1 aliphatic heterocycles. The van der Waals surface area contributed by atoms with Crippen LogP contribution in [-0.4, -0.2) is 29.7 Å². The number of fused-ring (bicyclic) bond motifs is 1. The maximum Gasteiger partial charge on any atom is 0.268 e. The van der Waals surface area contributed by atoms with Crippen molar-refractivity contribution in [1.29, 1.82) is 0 Å². The van der Waals surface area contributed by atoms with E-state index in [2.05, 4.69) is 15.9 Å². The highest BCUT2D eigenvalue weighted by molar-refractivity contribution is 9.10. The van der Waals surface area contributed by atoms with Crippen LogP contribution in [0.5, 0.6) is 17.2 Å². The quantitative estimate of drug-likeness (QED) is 0.383. The summed E-state index contributed by atoms with van der Waals surface area (Å²) >= 11 is 3.61. The van der Waals surface area contributed by atoms with Crippen molar-refractivity contribution in [2.24, 2.45) is 0 Å². The molecule has 0 fully saturated rings. The number of ether oxygens (including phenoxy) is 3.